The van der Waals surface area contributed by atoms with E-state index in [-0.39, 0.29) is 43.1 Å². The summed E-state index contributed by atoms with van der Waals surface area (Å²) in [6, 6.07) is 74.4. The summed E-state index contributed by atoms with van der Waals surface area (Å²) in [6.45, 7) is 11.6. The molecule has 1 saturated carbocycles. The molecule has 0 radical (unpaired) electrons. The van der Waals surface area contributed by atoms with Crippen molar-refractivity contribution in [2.24, 2.45) is 0 Å². The molecular weight excluding hydrogens is 1050 g/mol. The van der Waals surface area contributed by atoms with Crippen molar-refractivity contribution in [1.82, 2.24) is 14.5 Å². The number of aromatic hydroxyl groups is 1. The number of rotatable bonds is 9. The molecule has 71 heavy (non-hydrogen) atoms. The average molecular weight is 1100 g/mol. The number of fused-ring (bicyclic) bond motifs is 1. The molecule has 0 unspecified atom stereocenters. The summed E-state index contributed by atoms with van der Waals surface area (Å²) in [4.78, 5) is 10.5. The van der Waals surface area contributed by atoms with E-state index in [9.17, 15) is 5.11 Å². The van der Waals surface area contributed by atoms with Gasteiger partial charge in [0.15, 0.2) is 0 Å². The Labute approximate surface area is 433 Å². The van der Waals surface area contributed by atoms with Gasteiger partial charge in [0.1, 0.15) is 11.6 Å². The quantitative estimate of drug-likeness (QED) is 0.147. The molecule has 0 amide bonds. The molecule has 5 heteroatoms. The van der Waals surface area contributed by atoms with Crippen LogP contribution in [0.15, 0.2) is 206 Å². The van der Waals surface area contributed by atoms with Crippen LogP contribution in [0.1, 0.15) is 77.0 Å². The summed E-state index contributed by atoms with van der Waals surface area (Å²) in [5.41, 5.74) is 17.2. The van der Waals surface area contributed by atoms with Gasteiger partial charge in [-0.2, -0.15) is 0 Å². The molecule has 4 nitrogen and oxygen atoms in total. The minimum atomic E-state index is -0.160. The van der Waals surface area contributed by atoms with E-state index in [0.717, 1.165) is 98.2 Å². The number of aromatic nitrogens is 3. The van der Waals surface area contributed by atoms with Gasteiger partial charge in [-0.3, -0.25) is 9.55 Å². The molecule has 0 saturated heterocycles. The Hall–Kier alpha value is -7.13. The third-order valence-electron chi connectivity index (χ3n) is 15.2. The molecule has 1 N–H and O–H groups in total. The first kappa shape index (κ1) is 47.5. The topological polar surface area (TPSA) is 50.9 Å². The van der Waals surface area contributed by atoms with Gasteiger partial charge in [0.05, 0.1) is 16.6 Å². The zero-order valence-corrected chi connectivity index (χ0v) is 43.3. The summed E-state index contributed by atoms with van der Waals surface area (Å²) >= 11 is 0. The third kappa shape index (κ3) is 9.11. The van der Waals surface area contributed by atoms with Crippen molar-refractivity contribution in [3.63, 3.8) is 0 Å². The van der Waals surface area contributed by atoms with Crippen LogP contribution in [-0.4, -0.2) is 19.6 Å². The maximum Gasteiger partial charge on any atom is 0.148 e. The molecule has 10 aromatic rings. The van der Waals surface area contributed by atoms with E-state index in [1.54, 1.807) is 0 Å². The molecule has 11 rings (SSSR count). The van der Waals surface area contributed by atoms with Crippen molar-refractivity contribution in [1.29, 1.82) is 0 Å². The Bertz CT molecular complexity index is 3490. The van der Waals surface area contributed by atoms with Crippen LogP contribution in [-0.2, 0) is 37.3 Å². The van der Waals surface area contributed by atoms with E-state index >= 15 is 0 Å². The van der Waals surface area contributed by atoms with Gasteiger partial charge in [0, 0.05) is 44.2 Å². The summed E-state index contributed by atoms with van der Waals surface area (Å²) < 4.78 is 2.24. The second-order valence-electron chi connectivity index (χ2n) is 20.8. The summed E-state index contributed by atoms with van der Waals surface area (Å²) in [7, 11) is 0. The van der Waals surface area contributed by atoms with Gasteiger partial charge in [-0.1, -0.05) is 203 Å². The van der Waals surface area contributed by atoms with Crippen molar-refractivity contribution >= 4 is 11.0 Å². The number of benzene rings is 8. The maximum atomic E-state index is 12.6. The fourth-order valence-corrected chi connectivity index (χ4v) is 10.7. The first-order valence-electron chi connectivity index (χ1n) is 24.7. The molecule has 1 fully saturated rings. The van der Waals surface area contributed by atoms with Gasteiger partial charge in [0.2, 0.25) is 0 Å². The number of para-hydroxylation sites is 2. The monoisotopic (exact) mass is 1100 g/mol. The molecule has 8 aromatic carbocycles. The Kier molecular flexibility index (Phi) is 12.9. The summed E-state index contributed by atoms with van der Waals surface area (Å²) in [5, 5.41) is 12.6. The van der Waals surface area contributed by atoms with E-state index in [2.05, 4.69) is 209 Å². The van der Waals surface area contributed by atoms with Crippen molar-refractivity contribution in [2.45, 2.75) is 76.5 Å². The number of phenols is 1. The van der Waals surface area contributed by atoms with Crippen LogP contribution >= 0.6 is 0 Å². The number of nitrogens with zero attached hydrogens (tertiary/aromatic N) is 3. The van der Waals surface area contributed by atoms with Crippen molar-refractivity contribution in [3.8, 4) is 78.6 Å². The van der Waals surface area contributed by atoms with Gasteiger partial charge in [-0.15, -0.1) is 29.3 Å². The van der Waals surface area contributed by atoms with Gasteiger partial charge in [0.25, 0.3) is 0 Å². The predicted molar refractivity (Wildman–Crippen MR) is 290 cm³/mol. The number of phenolic OH excluding ortho intramolecular Hbond substituents is 1. The van der Waals surface area contributed by atoms with Crippen LogP contribution in [0.5, 0.6) is 5.75 Å². The fourth-order valence-electron chi connectivity index (χ4n) is 10.7. The van der Waals surface area contributed by atoms with E-state index in [4.69, 9.17) is 9.97 Å². The van der Waals surface area contributed by atoms with Crippen LogP contribution in [0.2, 0.25) is 0 Å². The predicted octanol–water partition coefficient (Wildman–Crippen LogP) is 17.0. The Morgan fingerprint density at radius 3 is 1.70 bits per heavy atom. The first-order valence-corrected chi connectivity index (χ1v) is 24.7. The maximum absolute atomic E-state index is 12.6. The second kappa shape index (κ2) is 19.2. The van der Waals surface area contributed by atoms with E-state index in [1.165, 1.54) is 16.7 Å². The zero-order chi connectivity index (χ0) is 48.0. The van der Waals surface area contributed by atoms with Gasteiger partial charge >= 0.3 is 0 Å². The van der Waals surface area contributed by atoms with Crippen LogP contribution < -0.4 is 0 Å². The van der Waals surface area contributed by atoms with Crippen LogP contribution in [0.25, 0.3) is 83.9 Å². The fraction of sp³-hybridized carbons (Fsp3) is 0.182. The number of pyridine rings is 1. The van der Waals surface area contributed by atoms with Crippen molar-refractivity contribution in [2.75, 3.05) is 0 Å². The second-order valence-corrected chi connectivity index (χ2v) is 20.8. The smallest absolute Gasteiger partial charge is 0.148 e. The molecule has 0 bridgehead atoms. The SMILES string of the molecule is CC(C)(C)c1cc(-c2cc(-c3ccccc3)ccn2)[c-]c(-c2cccc3c2nc(-c2cccc(-c4ccccc4-c4ccccc4)c2O)n3-c2ccc(C3(C)CCC(C)(c4ccccc4)CC3)cc2)c1.[Pt]. The van der Waals surface area contributed by atoms with Gasteiger partial charge < -0.3 is 5.11 Å². The van der Waals surface area contributed by atoms with E-state index < -0.39 is 0 Å². The minimum Gasteiger partial charge on any atom is -0.507 e. The molecule has 354 valence electrons. The molecule has 0 spiro atoms. The molecule has 0 aliphatic heterocycles. The molecule has 1 aliphatic carbocycles. The van der Waals surface area contributed by atoms with Crippen LogP contribution in [0, 0.1) is 6.07 Å². The van der Waals surface area contributed by atoms with Crippen molar-refractivity contribution < 1.29 is 26.2 Å². The molecule has 2 heterocycles. The van der Waals surface area contributed by atoms with Gasteiger partial charge in [-0.25, -0.2) is 4.98 Å². The first-order chi connectivity index (χ1) is 34.0. The van der Waals surface area contributed by atoms with E-state index in [0.29, 0.717) is 11.4 Å². The van der Waals surface area contributed by atoms with Gasteiger partial charge in [-0.05, 0) is 111 Å². The average Bonchev–Trinajstić information content (AvgIpc) is 3.80. The summed E-state index contributed by atoms with van der Waals surface area (Å²) in [6.07, 6.45) is 6.40. The third-order valence-corrected chi connectivity index (χ3v) is 15.2. The molecular formula is C66H58N3OPt-. The van der Waals surface area contributed by atoms with Crippen molar-refractivity contribution in [3.05, 3.63) is 229 Å². The Morgan fingerprint density at radius 2 is 1.04 bits per heavy atom. The largest absolute Gasteiger partial charge is 0.507 e. The Balaban J connectivity index is 0.00000582. The number of hydrogen-bond donors (Lipinski definition) is 1. The Morgan fingerprint density at radius 1 is 0.507 bits per heavy atom. The van der Waals surface area contributed by atoms with E-state index in [1.807, 2.05) is 42.6 Å². The van der Waals surface area contributed by atoms with Crippen LogP contribution in [0.3, 0.4) is 0 Å². The zero-order valence-electron chi connectivity index (χ0n) is 41.1. The summed E-state index contributed by atoms with van der Waals surface area (Å²) in [5.74, 6) is 0.850. The number of hydrogen-bond acceptors (Lipinski definition) is 3. The number of imidazole rings is 1. The normalized spacial score (nSPS) is 16.9. The van der Waals surface area contributed by atoms with Crippen LogP contribution in [0.4, 0.5) is 0 Å². The molecule has 2 aromatic heterocycles. The molecule has 0 atom stereocenters. The molecule has 1 aliphatic rings. The standard InChI is InChI=1S/C66H58N3O.Pt/c1-64(2,3)52-42-48(41-49(43-52)59-44-47(35-40-67-59)45-19-9-6-10-20-45)55-27-18-30-60-61(55)68-63(58-29-17-28-57(62(58)70)56-26-16-15-25-54(56)46-21-11-7-12-22-46)69(60)53-33-31-51(32-34-53)66(5)38-36-65(4,37-39-66)50-23-13-8-14-24-50;/h6-35,40,42-44,70H,36-39H2,1-5H3;/q-1;. The minimum absolute atomic E-state index is 0.